The van der Waals surface area contributed by atoms with Gasteiger partial charge in [-0.2, -0.15) is 0 Å². The van der Waals surface area contributed by atoms with Gasteiger partial charge in [0.15, 0.2) is 0 Å². The first-order chi connectivity index (χ1) is 15.1. The minimum atomic E-state index is -0.312. The summed E-state index contributed by atoms with van der Waals surface area (Å²) in [6.07, 6.45) is 9.56. The molecule has 3 aromatic rings. The minimum Gasteiger partial charge on any atom is -0.382 e. The predicted molar refractivity (Wildman–Crippen MR) is 122 cm³/mol. The van der Waals surface area contributed by atoms with Gasteiger partial charge < -0.3 is 15.6 Å². The molecule has 3 N–H and O–H groups in total. The Labute approximate surface area is 181 Å². The average Bonchev–Trinajstić information content (AvgIpc) is 2.79. The SMILES string of the molecule is Cc1nc(-c2cccnc2)[nH]c(=O)c1CC(=O)Nc1ccc(NC2CCCCC2)cc1. The van der Waals surface area contributed by atoms with Gasteiger partial charge in [-0.05, 0) is 56.2 Å². The van der Waals surface area contributed by atoms with Crippen LogP contribution in [0, 0.1) is 6.92 Å². The standard InChI is InChI=1S/C24H27N5O2/c1-16-21(24(31)29-23(26-16)17-6-5-13-25-15-17)14-22(30)28-20-11-9-19(10-12-20)27-18-7-3-2-4-8-18/h5-6,9-13,15,18,27H,2-4,7-8,14H2,1H3,(H,28,30)(H,26,29,31). The smallest absolute Gasteiger partial charge is 0.255 e. The van der Waals surface area contributed by atoms with Gasteiger partial charge in [0.2, 0.25) is 5.91 Å². The van der Waals surface area contributed by atoms with Crippen molar-refractivity contribution in [3.05, 3.63) is 70.4 Å². The normalized spacial score (nSPS) is 14.2. The topological polar surface area (TPSA) is 99.8 Å². The molecule has 0 saturated heterocycles. The number of aryl methyl sites for hydroxylation is 1. The number of carbonyl (C=O) groups excluding carboxylic acids is 1. The molecule has 4 rings (SSSR count). The van der Waals surface area contributed by atoms with E-state index < -0.39 is 0 Å². The van der Waals surface area contributed by atoms with Gasteiger partial charge in [-0.15, -0.1) is 0 Å². The fourth-order valence-electron chi connectivity index (χ4n) is 3.96. The second-order valence-electron chi connectivity index (χ2n) is 8.00. The number of rotatable bonds is 6. The molecule has 1 aliphatic carbocycles. The molecule has 1 fully saturated rings. The van der Waals surface area contributed by atoms with E-state index in [2.05, 4.69) is 25.6 Å². The van der Waals surface area contributed by atoms with Crippen molar-refractivity contribution in [3.8, 4) is 11.4 Å². The van der Waals surface area contributed by atoms with Crippen molar-refractivity contribution in [2.45, 2.75) is 51.5 Å². The molecule has 0 atom stereocenters. The molecule has 7 heteroatoms. The van der Waals surface area contributed by atoms with Crippen molar-refractivity contribution < 1.29 is 4.79 Å². The molecule has 1 saturated carbocycles. The summed E-state index contributed by atoms with van der Waals surface area (Å²) in [4.78, 5) is 36.3. The number of nitrogens with zero attached hydrogens (tertiary/aromatic N) is 2. The van der Waals surface area contributed by atoms with Crippen LogP contribution < -0.4 is 16.2 Å². The maximum absolute atomic E-state index is 12.6. The summed E-state index contributed by atoms with van der Waals surface area (Å²) in [5.41, 5.74) is 3.07. The van der Waals surface area contributed by atoms with Crippen LogP contribution in [0.4, 0.5) is 11.4 Å². The third kappa shape index (κ3) is 5.36. The Kier molecular flexibility index (Phi) is 6.40. The number of aromatic nitrogens is 3. The van der Waals surface area contributed by atoms with Gasteiger partial charge in [-0.25, -0.2) is 4.98 Å². The van der Waals surface area contributed by atoms with Crippen LogP contribution in [0.5, 0.6) is 0 Å². The van der Waals surface area contributed by atoms with Gasteiger partial charge in [0.05, 0.1) is 6.42 Å². The van der Waals surface area contributed by atoms with Crippen molar-refractivity contribution in [3.63, 3.8) is 0 Å². The zero-order chi connectivity index (χ0) is 21.6. The lowest BCUT2D eigenvalue weighted by Crippen LogP contribution is -2.24. The summed E-state index contributed by atoms with van der Waals surface area (Å²) in [7, 11) is 0. The fourth-order valence-corrected chi connectivity index (χ4v) is 3.96. The van der Waals surface area contributed by atoms with Crippen LogP contribution in [-0.4, -0.2) is 26.9 Å². The highest BCUT2D eigenvalue weighted by atomic mass is 16.2. The van der Waals surface area contributed by atoms with Crippen LogP contribution in [0.2, 0.25) is 0 Å². The van der Waals surface area contributed by atoms with Crippen LogP contribution in [0.25, 0.3) is 11.4 Å². The van der Waals surface area contributed by atoms with Crippen molar-refractivity contribution in [1.82, 2.24) is 15.0 Å². The number of amides is 1. The first-order valence-corrected chi connectivity index (χ1v) is 10.7. The molecule has 0 bridgehead atoms. The van der Waals surface area contributed by atoms with Crippen LogP contribution >= 0.6 is 0 Å². The molecule has 2 aromatic heterocycles. The van der Waals surface area contributed by atoms with E-state index in [0.717, 1.165) is 11.3 Å². The number of hydrogen-bond donors (Lipinski definition) is 3. The van der Waals surface area contributed by atoms with Crippen LogP contribution in [-0.2, 0) is 11.2 Å². The van der Waals surface area contributed by atoms with Crippen molar-refractivity contribution >= 4 is 17.3 Å². The number of aromatic amines is 1. The second-order valence-corrected chi connectivity index (χ2v) is 8.00. The Bertz CT molecular complexity index is 1090. The number of carbonyl (C=O) groups is 1. The molecule has 7 nitrogen and oxygen atoms in total. The van der Waals surface area contributed by atoms with Gasteiger partial charge in [0.25, 0.3) is 5.56 Å². The molecule has 1 amide bonds. The molecule has 0 aliphatic heterocycles. The zero-order valence-electron chi connectivity index (χ0n) is 17.6. The maximum Gasteiger partial charge on any atom is 0.255 e. The molecule has 31 heavy (non-hydrogen) atoms. The first-order valence-electron chi connectivity index (χ1n) is 10.7. The number of anilines is 2. The molecule has 160 valence electrons. The number of pyridine rings is 1. The van der Waals surface area contributed by atoms with E-state index in [1.165, 1.54) is 32.1 Å². The van der Waals surface area contributed by atoms with E-state index in [1.807, 2.05) is 30.3 Å². The Hall–Kier alpha value is -3.48. The van der Waals surface area contributed by atoms with Gasteiger partial charge in [0.1, 0.15) is 5.82 Å². The van der Waals surface area contributed by atoms with Crippen molar-refractivity contribution in [1.29, 1.82) is 0 Å². The summed E-state index contributed by atoms with van der Waals surface area (Å²) in [6, 6.07) is 11.9. The molecule has 2 heterocycles. The van der Waals surface area contributed by atoms with Gasteiger partial charge in [-0.1, -0.05) is 19.3 Å². The van der Waals surface area contributed by atoms with E-state index in [0.29, 0.717) is 28.8 Å². The van der Waals surface area contributed by atoms with E-state index in [1.54, 1.807) is 25.4 Å². The average molecular weight is 418 g/mol. The molecular weight excluding hydrogens is 390 g/mol. The summed E-state index contributed by atoms with van der Waals surface area (Å²) in [5.74, 6) is 0.193. The predicted octanol–water partition coefficient (Wildman–Crippen LogP) is 4.07. The van der Waals surface area contributed by atoms with Crippen LogP contribution in [0.3, 0.4) is 0 Å². The molecule has 0 radical (unpaired) electrons. The molecule has 1 aromatic carbocycles. The Morgan fingerprint density at radius 1 is 1.10 bits per heavy atom. The van der Waals surface area contributed by atoms with Crippen LogP contribution in [0.15, 0.2) is 53.6 Å². The van der Waals surface area contributed by atoms with Crippen molar-refractivity contribution in [2.75, 3.05) is 10.6 Å². The largest absolute Gasteiger partial charge is 0.382 e. The first kappa shape index (κ1) is 20.8. The highest BCUT2D eigenvalue weighted by Crippen LogP contribution is 2.22. The number of H-pyrrole nitrogens is 1. The zero-order valence-corrected chi connectivity index (χ0v) is 17.6. The highest BCUT2D eigenvalue weighted by molar-refractivity contribution is 5.92. The Morgan fingerprint density at radius 3 is 2.52 bits per heavy atom. The van der Waals surface area contributed by atoms with Crippen LogP contribution in [0.1, 0.15) is 43.4 Å². The molecular formula is C24H27N5O2. The molecule has 1 aliphatic rings. The third-order valence-corrected chi connectivity index (χ3v) is 5.64. The summed E-state index contributed by atoms with van der Waals surface area (Å²) < 4.78 is 0. The number of benzene rings is 1. The maximum atomic E-state index is 12.6. The summed E-state index contributed by atoms with van der Waals surface area (Å²) in [5, 5.41) is 6.43. The Balaban J connectivity index is 1.39. The number of nitrogens with one attached hydrogen (secondary N) is 3. The third-order valence-electron chi connectivity index (χ3n) is 5.64. The summed E-state index contributed by atoms with van der Waals surface area (Å²) >= 11 is 0. The number of hydrogen-bond acceptors (Lipinski definition) is 5. The molecule has 0 spiro atoms. The van der Waals surface area contributed by atoms with E-state index in [-0.39, 0.29) is 17.9 Å². The minimum absolute atomic E-state index is 0.0381. The lowest BCUT2D eigenvalue weighted by atomic mass is 9.95. The van der Waals surface area contributed by atoms with E-state index in [9.17, 15) is 9.59 Å². The lowest BCUT2D eigenvalue weighted by molar-refractivity contribution is -0.115. The fraction of sp³-hybridized carbons (Fsp3) is 0.333. The highest BCUT2D eigenvalue weighted by Gasteiger charge is 2.15. The van der Waals surface area contributed by atoms with Crippen molar-refractivity contribution in [2.24, 2.45) is 0 Å². The second kappa shape index (κ2) is 9.55. The van der Waals surface area contributed by atoms with Gasteiger partial charge in [-0.3, -0.25) is 14.6 Å². The van der Waals surface area contributed by atoms with E-state index in [4.69, 9.17) is 0 Å². The monoisotopic (exact) mass is 417 g/mol. The lowest BCUT2D eigenvalue weighted by Gasteiger charge is -2.23. The molecule has 0 unspecified atom stereocenters. The van der Waals surface area contributed by atoms with Gasteiger partial charge in [0, 0.05) is 46.6 Å². The quantitative estimate of drug-likeness (QED) is 0.561. The Morgan fingerprint density at radius 2 is 1.84 bits per heavy atom. The summed E-state index contributed by atoms with van der Waals surface area (Å²) in [6.45, 7) is 1.74. The van der Waals surface area contributed by atoms with Gasteiger partial charge >= 0.3 is 0 Å². The van der Waals surface area contributed by atoms with E-state index >= 15 is 0 Å².